The molecule has 0 amide bonds. The van der Waals surface area contributed by atoms with E-state index in [2.05, 4.69) is 34.4 Å². The summed E-state index contributed by atoms with van der Waals surface area (Å²) in [5.41, 5.74) is 2.50. The third-order valence-corrected chi connectivity index (χ3v) is 4.13. The van der Waals surface area contributed by atoms with Crippen LogP contribution in [0.4, 0.5) is 0 Å². The van der Waals surface area contributed by atoms with Crippen LogP contribution in [0.3, 0.4) is 0 Å². The predicted octanol–water partition coefficient (Wildman–Crippen LogP) is 3.01. The lowest BCUT2D eigenvalue weighted by atomic mass is 10.1. The van der Waals surface area contributed by atoms with E-state index in [-0.39, 0.29) is 0 Å². The van der Waals surface area contributed by atoms with Gasteiger partial charge in [-0.1, -0.05) is 24.6 Å². The fourth-order valence-electron chi connectivity index (χ4n) is 2.72. The van der Waals surface area contributed by atoms with Crippen molar-refractivity contribution in [1.29, 1.82) is 0 Å². The Hall–Kier alpha value is -1.03. The highest BCUT2D eigenvalue weighted by Gasteiger charge is 2.24. The lowest BCUT2D eigenvalue weighted by Crippen LogP contribution is -2.56. The van der Waals surface area contributed by atoms with E-state index in [0.29, 0.717) is 6.04 Å². The molecule has 0 atom stereocenters. The first-order valence-corrected chi connectivity index (χ1v) is 7.36. The number of fused-ring (bicyclic) bond motifs is 1. The Balaban J connectivity index is 1.82. The monoisotopic (exact) mass is 277 g/mol. The maximum absolute atomic E-state index is 6.03. The SMILES string of the molecule is CCCN(Cc1c[nH]c2cc(Cl)ccc12)C1CNC1. The quantitative estimate of drug-likeness (QED) is 0.880. The highest BCUT2D eigenvalue weighted by atomic mass is 35.5. The van der Waals surface area contributed by atoms with E-state index in [1.807, 2.05) is 12.1 Å². The molecule has 2 N–H and O–H groups in total. The summed E-state index contributed by atoms with van der Waals surface area (Å²) in [4.78, 5) is 5.90. The van der Waals surface area contributed by atoms with Gasteiger partial charge < -0.3 is 10.3 Å². The second-order valence-electron chi connectivity index (χ2n) is 5.29. The van der Waals surface area contributed by atoms with Gasteiger partial charge in [-0.2, -0.15) is 0 Å². The van der Waals surface area contributed by atoms with Gasteiger partial charge in [0.1, 0.15) is 0 Å². The molecule has 102 valence electrons. The zero-order chi connectivity index (χ0) is 13.2. The van der Waals surface area contributed by atoms with Gasteiger partial charge in [0.05, 0.1) is 0 Å². The minimum absolute atomic E-state index is 0.692. The van der Waals surface area contributed by atoms with Gasteiger partial charge in [0, 0.05) is 47.8 Å². The van der Waals surface area contributed by atoms with Crippen molar-refractivity contribution < 1.29 is 0 Å². The van der Waals surface area contributed by atoms with Crippen molar-refractivity contribution >= 4 is 22.5 Å². The van der Waals surface area contributed by atoms with Crippen LogP contribution in [0.5, 0.6) is 0 Å². The topological polar surface area (TPSA) is 31.1 Å². The number of hydrogen-bond acceptors (Lipinski definition) is 2. The fourth-order valence-corrected chi connectivity index (χ4v) is 2.89. The third kappa shape index (κ3) is 2.64. The number of hydrogen-bond donors (Lipinski definition) is 2. The molecule has 3 rings (SSSR count). The number of halogens is 1. The highest BCUT2D eigenvalue weighted by molar-refractivity contribution is 6.31. The summed E-state index contributed by atoms with van der Waals surface area (Å²) in [7, 11) is 0. The molecule has 0 radical (unpaired) electrons. The van der Waals surface area contributed by atoms with E-state index in [9.17, 15) is 0 Å². The zero-order valence-electron chi connectivity index (χ0n) is 11.2. The molecule has 1 saturated heterocycles. The van der Waals surface area contributed by atoms with Crippen LogP contribution in [0.25, 0.3) is 10.9 Å². The number of aromatic amines is 1. The maximum atomic E-state index is 6.03. The number of nitrogens with one attached hydrogen (secondary N) is 2. The number of benzene rings is 1. The van der Waals surface area contributed by atoms with Crippen LogP contribution in [0.1, 0.15) is 18.9 Å². The molecule has 3 nitrogen and oxygen atoms in total. The Morgan fingerprint density at radius 2 is 2.21 bits per heavy atom. The average molecular weight is 278 g/mol. The van der Waals surface area contributed by atoms with Gasteiger partial charge in [-0.3, -0.25) is 4.90 Å². The first-order valence-electron chi connectivity index (χ1n) is 6.98. The van der Waals surface area contributed by atoms with Crippen molar-refractivity contribution in [3.8, 4) is 0 Å². The van der Waals surface area contributed by atoms with E-state index in [0.717, 1.165) is 36.7 Å². The lowest BCUT2D eigenvalue weighted by molar-refractivity contribution is 0.138. The van der Waals surface area contributed by atoms with Crippen LogP contribution in [0.2, 0.25) is 5.02 Å². The van der Waals surface area contributed by atoms with Crippen LogP contribution in [-0.2, 0) is 6.54 Å². The van der Waals surface area contributed by atoms with E-state index >= 15 is 0 Å². The number of nitrogens with zero attached hydrogens (tertiary/aromatic N) is 1. The van der Waals surface area contributed by atoms with Crippen LogP contribution in [0, 0.1) is 0 Å². The summed E-state index contributed by atoms with van der Waals surface area (Å²) in [6.07, 6.45) is 3.32. The van der Waals surface area contributed by atoms with Crippen molar-refractivity contribution in [1.82, 2.24) is 15.2 Å². The molecule has 0 unspecified atom stereocenters. The molecule has 1 aromatic heterocycles. The summed E-state index contributed by atoms with van der Waals surface area (Å²) in [6, 6.07) is 6.77. The number of H-pyrrole nitrogens is 1. The van der Waals surface area contributed by atoms with Crippen molar-refractivity contribution in [2.24, 2.45) is 0 Å². The molecule has 19 heavy (non-hydrogen) atoms. The van der Waals surface area contributed by atoms with Gasteiger partial charge in [0.2, 0.25) is 0 Å². The van der Waals surface area contributed by atoms with Gasteiger partial charge in [-0.05, 0) is 30.7 Å². The van der Waals surface area contributed by atoms with Gasteiger partial charge in [0.25, 0.3) is 0 Å². The molecule has 1 aliphatic heterocycles. The lowest BCUT2D eigenvalue weighted by Gasteiger charge is -2.38. The maximum Gasteiger partial charge on any atom is 0.0472 e. The summed E-state index contributed by atoms with van der Waals surface area (Å²) in [6.45, 7) is 6.66. The van der Waals surface area contributed by atoms with Gasteiger partial charge >= 0.3 is 0 Å². The number of aromatic nitrogens is 1. The van der Waals surface area contributed by atoms with Crippen LogP contribution in [0.15, 0.2) is 24.4 Å². The molecular weight excluding hydrogens is 258 g/mol. The van der Waals surface area contributed by atoms with Crippen molar-refractivity contribution in [2.45, 2.75) is 25.9 Å². The largest absolute Gasteiger partial charge is 0.361 e. The van der Waals surface area contributed by atoms with Gasteiger partial charge in [-0.15, -0.1) is 0 Å². The van der Waals surface area contributed by atoms with E-state index in [1.54, 1.807) is 0 Å². The molecular formula is C15H20ClN3. The minimum atomic E-state index is 0.692. The Morgan fingerprint density at radius 1 is 1.37 bits per heavy atom. The summed E-state index contributed by atoms with van der Waals surface area (Å²) >= 11 is 6.03. The highest BCUT2D eigenvalue weighted by Crippen LogP contribution is 2.24. The summed E-state index contributed by atoms with van der Waals surface area (Å²) < 4.78 is 0. The first kappa shape index (κ1) is 13.0. The average Bonchev–Trinajstić information content (AvgIpc) is 2.69. The Bertz CT molecular complexity index is 560. The summed E-state index contributed by atoms with van der Waals surface area (Å²) in [5.74, 6) is 0. The Labute approximate surface area is 118 Å². The predicted molar refractivity (Wildman–Crippen MR) is 80.7 cm³/mol. The molecule has 0 saturated carbocycles. The number of rotatable bonds is 5. The van der Waals surface area contributed by atoms with Gasteiger partial charge in [0.15, 0.2) is 0 Å². The normalized spacial score (nSPS) is 16.2. The minimum Gasteiger partial charge on any atom is -0.361 e. The van der Waals surface area contributed by atoms with Gasteiger partial charge in [-0.25, -0.2) is 0 Å². The molecule has 0 spiro atoms. The molecule has 1 aliphatic rings. The van der Waals surface area contributed by atoms with E-state index < -0.39 is 0 Å². The fraction of sp³-hybridized carbons (Fsp3) is 0.467. The van der Waals surface area contributed by atoms with Crippen molar-refractivity contribution in [3.05, 3.63) is 35.0 Å². The standard InChI is InChI=1S/C15H20ClN3/c1-2-5-19(13-8-17-9-13)10-11-7-18-15-6-12(16)3-4-14(11)15/h3-4,6-7,13,17-18H,2,5,8-10H2,1H3. The van der Waals surface area contributed by atoms with E-state index in [1.165, 1.54) is 17.4 Å². The molecule has 2 aromatic rings. The van der Waals surface area contributed by atoms with Crippen LogP contribution >= 0.6 is 11.6 Å². The second-order valence-corrected chi connectivity index (χ2v) is 5.72. The van der Waals surface area contributed by atoms with E-state index in [4.69, 9.17) is 11.6 Å². The second kappa shape index (κ2) is 5.53. The van der Waals surface area contributed by atoms with Crippen molar-refractivity contribution in [3.63, 3.8) is 0 Å². The molecule has 1 fully saturated rings. The molecule has 0 bridgehead atoms. The third-order valence-electron chi connectivity index (χ3n) is 3.89. The molecule has 4 heteroatoms. The zero-order valence-corrected chi connectivity index (χ0v) is 12.0. The summed E-state index contributed by atoms with van der Waals surface area (Å²) in [5, 5.41) is 5.43. The molecule has 2 heterocycles. The van der Waals surface area contributed by atoms with Crippen molar-refractivity contribution in [2.75, 3.05) is 19.6 Å². The van der Waals surface area contributed by atoms with Crippen LogP contribution in [-0.4, -0.2) is 35.6 Å². The molecule has 1 aromatic carbocycles. The Kier molecular flexibility index (Phi) is 3.78. The molecule has 0 aliphatic carbocycles. The smallest absolute Gasteiger partial charge is 0.0472 e. The Morgan fingerprint density at radius 3 is 2.89 bits per heavy atom. The van der Waals surface area contributed by atoms with Crippen LogP contribution < -0.4 is 5.32 Å². The first-order chi connectivity index (χ1) is 9.28.